The fourth-order valence-corrected chi connectivity index (χ4v) is 4.40. The fourth-order valence-electron chi connectivity index (χ4n) is 4.27. The molecule has 41 heavy (non-hydrogen) atoms. The molecule has 9 nitrogen and oxygen atoms in total. The van der Waals surface area contributed by atoms with E-state index in [0.717, 1.165) is 5.56 Å². The van der Waals surface area contributed by atoms with Crippen molar-refractivity contribution in [1.82, 2.24) is 14.5 Å². The third kappa shape index (κ3) is 7.37. The van der Waals surface area contributed by atoms with Gasteiger partial charge in [-0.1, -0.05) is 37.6 Å². The minimum atomic E-state index is -0.392. The Morgan fingerprint density at radius 3 is 2.07 bits per heavy atom. The Morgan fingerprint density at radius 2 is 1.51 bits per heavy atom. The highest BCUT2D eigenvalue weighted by atomic mass is 35.5. The molecule has 0 aliphatic carbocycles. The summed E-state index contributed by atoms with van der Waals surface area (Å²) < 4.78 is 17.8. The molecule has 214 valence electrons. The fraction of sp³-hybridized carbons (Fsp3) is 0.258. The summed E-state index contributed by atoms with van der Waals surface area (Å²) in [6, 6.07) is 19.4. The highest BCUT2D eigenvalue weighted by Crippen LogP contribution is 2.30. The minimum Gasteiger partial charge on any atom is -0.497 e. The highest BCUT2D eigenvalue weighted by molar-refractivity contribution is 6.30. The van der Waals surface area contributed by atoms with Crippen LogP contribution in [-0.2, 0) is 4.79 Å². The first kappa shape index (κ1) is 29.5. The lowest BCUT2D eigenvalue weighted by Crippen LogP contribution is -2.40. The molecule has 10 heteroatoms. The van der Waals surface area contributed by atoms with Gasteiger partial charge in [0.15, 0.2) is 0 Å². The smallest absolute Gasteiger partial charge is 0.254 e. The first-order chi connectivity index (χ1) is 19.7. The van der Waals surface area contributed by atoms with Gasteiger partial charge in [-0.15, -0.1) is 0 Å². The molecule has 0 aliphatic rings. The number of ether oxygens (including phenoxy) is 3. The number of methoxy groups -OCH3 is 3. The molecule has 0 saturated carbocycles. The lowest BCUT2D eigenvalue weighted by molar-refractivity contribution is -0.117. The quantitative estimate of drug-likeness (QED) is 0.237. The molecule has 0 fully saturated rings. The third-order valence-corrected chi connectivity index (χ3v) is 6.51. The van der Waals surface area contributed by atoms with Crippen LogP contribution < -0.4 is 19.5 Å². The topological polar surface area (TPSA) is 94.9 Å². The second-order valence-corrected chi connectivity index (χ2v) is 10.2. The Kier molecular flexibility index (Phi) is 9.52. The van der Waals surface area contributed by atoms with Crippen molar-refractivity contribution in [2.24, 2.45) is 5.92 Å². The molecule has 1 heterocycles. The largest absolute Gasteiger partial charge is 0.497 e. The standard InChI is InChI=1S/C31H33ClN4O5/c1-20(2)17-35(30(38)22-8-12-25(39-3)13-9-22)19-29(37)34-31-33-28(21-6-10-23(32)11-7-21)18-36(31)24-14-26(40-4)16-27(15-24)41-5/h6-16,18,20H,17,19H2,1-5H3,(H,33,34,37). The predicted molar refractivity (Wildman–Crippen MR) is 159 cm³/mol. The van der Waals surface area contributed by atoms with E-state index in [2.05, 4.69) is 5.32 Å². The SMILES string of the molecule is COc1ccc(C(=O)N(CC(=O)Nc2nc(-c3ccc(Cl)cc3)cn2-c2cc(OC)cc(OC)c2)CC(C)C)cc1. The van der Waals surface area contributed by atoms with Crippen LogP contribution in [0.25, 0.3) is 16.9 Å². The number of halogens is 1. The zero-order valence-corrected chi connectivity index (χ0v) is 24.4. The van der Waals surface area contributed by atoms with Crippen LogP contribution in [-0.4, -0.2) is 60.7 Å². The van der Waals surface area contributed by atoms with Gasteiger partial charge < -0.3 is 19.1 Å². The molecule has 0 unspecified atom stereocenters. The van der Waals surface area contributed by atoms with E-state index in [-0.39, 0.29) is 24.3 Å². The molecule has 4 rings (SSSR count). The van der Waals surface area contributed by atoms with Crippen LogP contribution in [0.15, 0.2) is 72.9 Å². The van der Waals surface area contributed by atoms with Crippen molar-refractivity contribution in [3.05, 3.63) is 83.5 Å². The molecule has 0 spiro atoms. The number of rotatable bonds is 11. The number of aromatic nitrogens is 2. The molecule has 2 amide bonds. The molecule has 0 saturated heterocycles. The number of hydrogen-bond donors (Lipinski definition) is 1. The van der Waals surface area contributed by atoms with Gasteiger partial charge in [-0.25, -0.2) is 4.98 Å². The van der Waals surface area contributed by atoms with Crippen molar-refractivity contribution >= 4 is 29.4 Å². The third-order valence-electron chi connectivity index (χ3n) is 6.26. The van der Waals surface area contributed by atoms with E-state index in [1.54, 1.807) is 68.4 Å². The summed E-state index contributed by atoms with van der Waals surface area (Å²) in [5.74, 6) is 1.57. The Morgan fingerprint density at radius 1 is 0.902 bits per heavy atom. The van der Waals surface area contributed by atoms with E-state index in [0.29, 0.717) is 45.8 Å². The van der Waals surface area contributed by atoms with Gasteiger partial charge in [0.1, 0.15) is 23.8 Å². The van der Waals surface area contributed by atoms with Gasteiger partial charge in [0.25, 0.3) is 5.91 Å². The summed E-state index contributed by atoms with van der Waals surface area (Å²) in [6.45, 7) is 4.23. The number of nitrogens with zero attached hydrogens (tertiary/aromatic N) is 3. The summed E-state index contributed by atoms with van der Waals surface area (Å²) in [4.78, 5) is 33.0. The normalized spacial score (nSPS) is 10.8. The lowest BCUT2D eigenvalue weighted by atomic mass is 10.1. The Bertz CT molecular complexity index is 1480. The van der Waals surface area contributed by atoms with Crippen LogP contribution in [0, 0.1) is 5.92 Å². The van der Waals surface area contributed by atoms with Crippen LogP contribution in [0.1, 0.15) is 24.2 Å². The van der Waals surface area contributed by atoms with Crippen molar-refractivity contribution in [3.8, 4) is 34.2 Å². The number of carbonyl (C=O) groups is 2. The number of carbonyl (C=O) groups excluding carboxylic acids is 2. The summed E-state index contributed by atoms with van der Waals surface area (Å²) in [5.41, 5.74) is 2.56. The molecular weight excluding hydrogens is 544 g/mol. The zero-order valence-electron chi connectivity index (χ0n) is 23.7. The van der Waals surface area contributed by atoms with Crippen molar-refractivity contribution in [2.75, 3.05) is 39.7 Å². The van der Waals surface area contributed by atoms with Gasteiger partial charge in [-0.2, -0.15) is 0 Å². The second kappa shape index (κ2) is 13.2. The summed E-state index contributed by atoms with van der Waals surface area (Å²) in [7, 11) is 4.70. The van der Waals surface area contributed by atoms with Gasteiger partial charge in [0.05, 0.1) is 32.7 Å². The number of benzene rings is 3. The van der Waals surface area contributed by atoms with Crippen LogP contribution in [0.4, 0.5) is 5.95 Å². The van der Waals surface area contributed by atoms with E-state index in [4.69, 9.17) is 30.8 Å². The monoisotopic (exact) mass is 576 g/mol. The number of hydrogen-bond acceptors (Lipinski definition) is 6. The lowest BCUT2D eigenvalue weighted by Gasteiger charge is -2.24. The maximum Gasteiger partial charge on any atom is 0.254 e. The van der Waals surface area contributed by atoms with Crippen LogP contribution in [0.3, 0.4) is 0 Å². The molecular formula is C31H33ClN4O5. The zero-order chi connectivity index (χ0) is 29.5. The van der Waals surface area contributed by atoms with Crippen molar-refractivity contribution in [1.29, 1.82) is 0 Å². The number of anilines is 1. The van der Waals surface area contributed by atoms with E-state index < -0.39 is 5.91 Å². The van der Waals surface area contributed by atoms with E-state index >= 15 is 0 Å². The Hall–Kier alpha value is -4.50. The number of imidazole rings is 1. The predicted octanol–water partition coefficient (Wildman–Crippen LogP) is 5.96. The van der Waals surface area contributed by atoms with Gasteiger partial charge in [-0.3, -0.25) is 19.5 Å². The summed E-state index contributed by atoms with van der Waals surface area (Å²) >= 11 is 6.09. The van der Waals surface area contributed by atoms with Gasteiger partial charge in [0.2, 0.25) is 11.9 Å². The van der Waals surface area contributed by atoms with Crippen LogP contribution in [0.5, 0.6) is 17.2 Å². The van der Waals surface area contributed by atoms with Crippen molar-refractivity contribution in [3.63, 3.8) is 0 Å². The first-order valence-corrected chi connectivity index (χ1v) is 13.4. The molecule has 3 aromatic carbocycles. The maximum absolute atomic E-state index is 13.4. The van der Waals surface area contributed by atoms with Crippen molar-refractivity contribution in [2.45, 2.75) is 13.8 Å². The second-order valence-electron chi connectivity index (χ2n) is 9.75. The van der Waals surface area contributed by atoms with E-state index in [1.165, 1.54) is 4.90 Å². The van der Waals surface area contributed by atoms with Gasteiger partial charge >= 0.3 is 0 Å². The molecule has 0 atom stereocenters. The van der Waals surface area contributed by atoms with E-state index in [9.17, 15) is 9.59 Å². The van der Waals surface area contributed by atoms with Gasteiger partial charge in [0, 0.05) is 47.1 Å². The Labute approximate surface area is 244 Å². The highest BCUT2D eigenvalue weighted by Gasteiger charge is 2.22. The minimum absolute atomic E-state index is 0.146. The molecule has 0 radical (unpaired) electrons. The average molecular weight is 577 g/mol. The van der Waals surface area contributed by atoms with Gasteiger partial charge in [-0.05, 0) is 42.3 Å². The maximum atomic E-state index is 13.4. The van der Waals surface area contributed by atoms with Crippen LogP contribution >= 0.6 is 11.6 Å². The molecule has 0 aliphatic heterocycles. The molecule has 1 N–H and O–H groups in total. The number of nitrogens with one attached hydrogen (secondary N) is 1. The number of amides is 2. The average Bonchev–Trinajstić information content (AvgIpc) is 3.39. The van der Waals surface area contributed by atoms with Crippen LogP contribution in [0.2, 0.25) is 5.02 Å². The first-order valence-electron chi connectivity index (χ1n) is 13.0. The van der Waals surface area contributed by atoms with E-state index in [1.807, 2.05) is 44.3 Å². The molecule has 4 aromatic rings. The summed E-state index contributed by atoms with van der Waals surface area (Å²) in [5, 5.41) is 3.51. The molecule has 0 bridgehead atoms. The Balaban J connectivity index is 1.66. The molecule has 1 aromatic heterocycles. The summed E-state index contributed by atoms with van der Waals surface area (Å²) in [6.07, 6.45) is 1.81. The van der Waals surface area contributed by atoms with Crippen molar-refractivity contribution < 1.29 is 23.8 Å².